The summed E-state index contributed by atoms with van der Waals surface area (Å²) < 4.78 is 12.2. The molecule has 0 spiro atoms. The fourth-order valence-corrected chi connectivity index (χ4v) is 7.55. The summed E-state index contributed by atoms with van der Waals surface area (Å²) in [6.45, 7) is 6.04. The van der Waals surface area contributed by atoms with Crippen LogP contribution in [0.15, 0.2) is 78.9 Å². The number of carbonyl (C=O) groups excluding carboxylic acids is 5. The SMILES string of the molecule is CCc1ccc(-c2ccc(C(=O)N[C@@H](CCCN)C(=O)N(C)[C@@H]3C(=O)N[C@@H](C)C(=O)N[C@H](C(=O)NCC#N)Cc4ccc(OCCN)c(c4)-c4cc3ccc4OCCN)c(C)c2)cc1. The smallest absolute Gasteiger partial charge is 0.252 e. The molecule has 16 heteroatoms. The number of likely N-dealkylation sites (N-methyl/N-ethyl adjacent to an activating group) is 1. The van der Waals surface area contributed by atoms with E-state index in [1.54, 1.807) is 42.5 Å². The van der Waals surface area contributed by atoms with E-state index in [0.717, 1.165) is 17.5 Å². The van der Waals surface area contributed by atoms with Crippen molar-refractivity contribution in [3.63, 3.8) is 0 Å². The van der Waals surface area contributed by atoms with Crippen LogP contribution in [0.1, 0.15) is 65.3 Å². The molecule has 1 heterocycles. The molecule has 0 radical (unpaired) electrons. The maximum absolute atomic E-state index is 14.8. The van der Waals surface area contributed by atoms with E-state index >= 15 is 0 Å². The Hall–Kier alpha value is -6.80. The monoisotopic (exact) mass is 873 g/mol. The minimum absolute atomic E-state index is 0.0127. The van der Waals surface area contributed by atoms with Gasteiger partial charge in [0.05, 0.1) is 6.07 Å². The minimum atomic E-state index is -1.36. The van der Waals surface area contributed by atoms with Gasteiger partial charge in [-0.05, 0) is 103 Å². The van der Waals surface area contributed by atoms with Gasteiger partial charge in [0.1, 0.15) is 55.4 Å². The molecule has 0 unspecified atom stereocenters. The average Bonchev–Trinajstić information content (AvgIpc) is 3.30. The van der Waals surface area contributed by atoms with Crippen LogP contribution in [0, 0.1) is 18.3 Å². The predicted molar refractivity (Wildman–Crippen MR) is 244 cm³/mol. The Bertz CT molecular complexity index is 2350. The van der Waals surface area contributed by atoms with Gasteiger partial charge in [-0.15, -0.1) is 0 Å². The molecule has 10 N–H and O–H groups in total. The van der Waals surface area contributed by atoms with Crippen LogP contribution in [0.4, 0.5) is 0 Å². The topological polar surface area (TPSA) is 257 Å². The van der Waals surface area contributed by atoms with Gasteiger partial charge >= 0.3 is 0 Å². The van der Waals surface area contributed by atoms with Gasteiger partial charge in [-0.3, -0.25) is 24.0 Å². The van der Waals surface area contributed by atoms with Gasteiger partial charge in [0, 0.05) is 43.2 Å². The first-order chi connectivity index (χ1) is 30.8. The van der Waals surface area contributed by atoms with Crippen LogP contribution in [0.5, 0.6) is 11.5 Å². The maximum atomic E-state index is 14.8. The van der Waals surface area contributed by atoms with Crippen molar-refractivity contribution in [2.45, 2.75) is 70.6 Å². The standard InChI is InChI=1S/C48H59N9O7/c1-5-31-8-11-33(12-9-31)34-13-15-36(29(2)25-34)45(59)55-39(7-6-18-49)48(62)57(4)43-35-14-17-42(64-24-21-52)38(28-35)37-26-32(10-16-41(37)63-23-20-51)27-40(46(60)53-22-19-50)56-44(58)30(3)54-47(43)61/h8-17,25-26,28,30,39-40,43H,5-7,18,20-24,27,49,51-52H2,1-4H3,(H,53,60)(H,54,61)(H,55,59)(H,56,58)/t30-,39-,40-,43-/m0/s1. The van der Waals surface area contributed by atoms with Gasteiger partial charge in [-0.1, -0.05) is 55.5 Å². The Morgan fingerprint density at radius 3 is 2.14 bits per heavy atom. The van der Waals surface area contributed by atoms with Gasteiger partial charge in [-0.25, -0.2) is 0 Å². The second-order valence-corrected chi connectivity index (χ2v) is 15.6. The van der Waals surface area contributed by atoms with E-state index in [0.29, 0.717) is 51.3 Å². The summed E-state index contributed by atoms with van der Waals surface area (Å²) in [5.74, 6) is -2.28. The van der Waals surface area contributed by atoms with E-state index in [1.807, 2.05) is 37.3 Å². The van der Waals surface area contributed by atoms with Crippen LogP contribution in [-0.2, 0) is 32.0 Å². The van der Waals surface area contributed by atoms with E-state index in [9.17, 15) is 24.0 Å². The van der Waals surface area contributed by atoms with Gasteiger partial charge in [-0.2, -0.15) is 5.26 Å². The third-order valence-electron chi connectivity index (χ3n) is 11.0. The lowest BCUT2D eigenvalue weighted by molar-refractivity contribution is -0.141. The second kappa shape index (κ2) is 23.0. The molecule has 0 aromatic heterocycles. The van der Waals surface area contributed by atoms with Gasteiger partial charge in [0.15, 0.2) is 0 Å². The minimum Gasteiger partial charge on any atom is -0.492 e. The zero-order chi connectivity index (χ0) is 46.3. The van der Waals surface area contributed by atoms with E-state index in [-0.39, 0.29) is 52.2 Å². The number of nitrogens with one attached hydrogen (secondary N) is 4. The number of amides is 5. The summed E-state index contributed by atoms with van der Waals surface area (Å²) in [6, 6.07) is 21.1. The molecule has 0 aliphatic carbocycles. The molecule has 0 saturated carbocycles. The number of nitrogens with zero attached hydrogens (tertiary/aromatic N) is 2. The van der Waals surface area contributed by atoms with Crippen molar-refractivity contribution in [1.82, 2.24) is 26.2 Å². The van der Waals surface area contributed by atoms with Crippen molar-refractivity contribution in [3.8, 4) is 39.8 Å². The quantitative estimate of drug-likeness (QED) is 0.0760. The molecule has 64 heavy (non-hydrogen) atoms. The van der Waals surface area contributed by atoms with Crippen LogP contribution < -0.4 is 47.9 Å². The third-order valence-corrected chi connectivity index (χ3v) is 11.0. The Balaban J connectivity index is 1.58. The summed E-state index contributed by atoms with van der Waals surface area (Å²) in [5, 5.41) is 20.1. The van der Waals surface area contributed by atoms with Crippen molar-refractivity contribution in [2.24, 2.45) is 17.2 Å². The molecular weight excluding hydrogens is 815 g/mol. The molecule has 1 aliphatic heterocycles. The number of rotatable bonds is 17. The van der Waals surface area contributed by atoms with Gasteiger partial charge in [0.25, 0.3) is 5.91 Å². The lowest BCUT2D eigenvalue weighted by Gasteiger charge is -2.33. The largest absolute Gasteiger partial charge is 0.492 e. The zero-order valence-corrected chi connectivity index (χ0v) is 36.9. The molecule has 338 valence electrons. The van der Waals surface area contributed by atoms with Crippen LogP contribution in [0.2, 0.25) is 0 Å². The highest BCUT2D eigenvalue weighted by atomic mass is 16.5. The van der Waals surface area contributed by atoms with E-state index < -0.39 is 53.7 Å². The fourth-order valence-electron chi connectivity index (χ4n) is 7.55. The first-order valence-corrected chi connectivity index (χ1v) is 21.5. The van der Waals surface area contributed by atoms with Gasteiger partial charge in [0.2, 0.25) is 23.6 Å². The lowest BCUT2D eigenvalue weighted by atomic mass is 9.93. The summed E-state index contributed by atoms with van der Waals surface area (Å²) in [4.78, 5) is 71.7. The zero-order valence-electron chi connectivity index (χ0n) is 36.9. The summed E-state index contributed by atoms with van der Waals surface area (Å²) in [7, 11) is 1.45. The fraction of sp³-hybridized carbons (Fsp3) is 0.375. The highest BCUT2D eigenvalue weighted by Gasteiger charge is 2.36. The normalized spacial score (nSPS) is 16.5. The number of benzene rings is 4. The summed E-state index contributed by atoms with van der Waals surface area (Å²) >= 11 is 0. The number of carbonyl (C=O) groups is 5. The molecule has 4 atom stereocenters. The van der Waals surface area contributed by atoms with Crippen molar-refractivity contribution >= 4 is 29.5 Å². The lowest BCUT2D eigenvalue weighted by Crippen LogP contribution is -2.56. The number of aryl methyl sites for hydroxylation is 2. The first kappa shape index (κ1) is 48.2. The molecule has 0 fully saturated rings. The molecule has 5 amide bonds. The number of fused-ring (bicyclic) bond motifs is 5. The highest BCUT2D eigenvalue weighted by molar-refractivity contribution is 6.00. The summed E-state index contributed by atoms with van der Waals surface area (Å²) in [6.07, 6.45) is 1.48. The summed E-state index contributed by atoms with van der Waals surface area (Å²) in [5.41, 5.74) is 23.8. The molecule has 5 rings (SSSR count). The average molecular weight is 874 g/mol. The Morgan fingerprint density at radius 2 is 1.52 bits per heavy atom. The van der Waals surface area contributed by atoms with Crippen LogP contribution >= 0.6 is 0 Å². The Kier molecular flexibility index (Phi) is 17.4. The van der Waals surface area contributed by atoms with Crippen molar-refractivity contribution in [3.05, 3.63) is 107 Å². The predicted octanol–water partition coefficient (Wildman–Crippen LogP) is 2.79. The molecule has 1 aliphatic rings. The highest BCUT2D eigenvalue weighted by Crippen LogP contribution is 2.40. The van der Waals surface area contributed by atoms with E-state index in [2.05, 4.69) is 40.3 Å². The van der Waals surface area contributed by atoms with Crippen molar-refractivity contribution < 1.29 is 33.4 Å². The Labute approximate surface area is 374 Å². The molecule has 4 bridgehead atoms. The molecule has 0 saturated heterocycles. The number of hydrogen-bond acceptors (Lipinski definition) is 11. The third kappa shape index (κ3) is 12.0. The number of nitrogens with two attached hydrogens (primary N) is 3. The number of hydrogen-bond donors (Lipinski definition) is 7. The van der Waals surface area contributed by atoms with Crippen LogP contribution in [-0.4, -0.2) is 99.0 Å². The van der Waals surface area contributed by atoms with Crippen LogP contribution in [0.25, 0.3) is 22.3 Å². The molecule has 16 nitrogen and oxygen atoms in total. The van der Waals surface area contributed by atoms with Crippen molar-refractivity contribution in [2.75, 3.05) is 46.4 Å². The van der Waals surface area contributed by atoms with Gasteiger partial charge < -0.3 is 52.8 Å². The first-order valence-electron chi connectivity index (χ1n) is 21.5. The molecule has 4 aromatic rings. The second-order valence-electron chi connectivity index (χ2n) is 15.6. The number of ether oxygens (including phenoxy) is 2. The Morgan fingerprint density at radius 1 is 0.859 bits per heavy atom. The van der Waals surface area contributed by atoms with Crippen LogP contribution in [0.3, 0.4) is 0 Å². The van der Waals surface area contributed by atoms with E-state index in [4.69, 9.17) is 31.9 Å². The molecule has 4 aromatic carbocycles. The number of nitriles is 1. The molecular formula is C48H59N9O7. The van der Waals surface area contributed by atoms with Crippen molar-refractivity contribution in [1.29, 1.82) is 5.26 Å². The van der Waals surface area contributed by atoms with E-state index in [1.165, 1.54) is 24.4 Å². The maximum Gasteiger partial charge on any atom is 0.252 e.